The minimum atomic E-state index is -0.480. The Morgan fingerprint density at radius 2 is 2.17 bits per heavy atom. The van der Waals surface area contributed by atoms with Gasteiger partial charge in [0.1, 0.15) is 6.10 Å². The summed E-state index contributed by atoms with van der Waals surface area (Å²) in [7, 11) is 0. The third kappa shape index (κ3) is 5.04. The summed E-state index contributed by atoms with van der Waals surface area (Å²) in [5.74, 6) is 0.413. The van der Waals surface area contributed by atoms with Gasteiger partial charge in [-0.3, -0.25) is 9.36 Å². The molecular weight excluding hydrogens is 310 g/mol. The summed E-state index contributed by atoms with van der Waals surface area (Å²) >= 11 is 5.21. The zero-order valence-corrected chi connectivity index (χ0v) is 14.5. The molecule has 1 unspecified atom stereocenters. The maximum Gasteiger partial charge on any atom is 0.253 e. The molecule has 1 atom stereocenters. The standard InChI is InChI=1S/C17H23N3O2S/c1-12(2)7-10-22-13(3)16(21)19-14-5-4-6-15(11-14)20-9-8-18-17(20)23/h4-6,8-9,11-13H,7,10H2,1-3H3,(H,18,23)(H,19,21). The van der Waals surface area contributed by atoms with E-state index >= 15 is 0 Å². The van der Waals surface area contributed by atoms with Gasteiger partial charge in [-0.25, -0.2) is 0 Å². The number of carbonyl (C=O) groups excluding carboxylic acids is 1. The Morgan fingerprint density at radius 3 is 2.83 bits per heavy atom. The fraction of sp³-hybridized carbons (Fsp3) is 0.412. The van der Waals surface area contributed by atoms with Gasteiger partial charge in [0.25, 0.3) is 5.91 Å². The van der Waals surface area contributed by atoms with E-state index in [9.17, 15) is 4.79 Å². The largest absolute Gasteiger partial charge is 0.369 e. The Kier molecular flexibility index (Phi) is 6.12. The van der Waals surface area contributed by atoms with Crippen LogP contribution < -0.4 is 5.32 Å². The van der Waals surface area contributed by atoms with Gasteiger partial charge in [-0.05, 0) is 49.7 Å². The van der Waals surface area contributed by atoms with Crippen LogP contribution in [0.25, 0.3) is 5.69 Å². The van der Waals surface area contributed by atoms with Crippen LogP contribution in [0.1, 0.15) is 27.2 Å². The van der Waals surface area contributed by atoms with Crippen LogP contribution in [0.3, 0.4) is 0 Å². The summed E-state index contributed by atoms with van der Waals surface area (Å²) in [6.07, 6.45) is 4.09. The van der Waals surface area contributed by atoms with E-state index < -0.39 is 6.10 Å². The van der Waals surface area contributed by atoms with E-state index in [0.29, 0.717) is 17.3 Å². The molecule has 1 aromatic carbocycles. The number of hydrogen-bond acceptors (Lipinski definition) is 3. The molecule has 0 bridgehead atoms. The quantitative estimate of drug-likeness (QED) is 0.755. The molecule has 0 aliphatic heterocycles. The predicted octanol–water partition coefficient (Wildman–Crippen LogP) is 3.92. The number of nitrogens with one attached hydrogen (secondary N) is 2. The lowest BCUT2D eigenvalue weighted by molar-refractivity contribution is -0.126. The van der Waals surface area contributed by atoms with Gasteiger partial charge in [-0.15, -0.1) is 0 Å². The molecule has 23 heavy (non-hydrogen) atoms. The van der Waals surface area contributed by atoms with Crippen molar-refractivity contribution in [3.8, 4) is 5.69 Å². The smallest absolute Gasteiger partial charge is 0.253 e. The Labute approximate surface area is 141 Å². The molecule has 6 heteroatoms. The zero-order chi connectivity index (χ0) is 16.8. The molecule has 124 valence electrons. The molecule has 1 amide bonds. The van der Waals surface area contributed by atoms with E-state index in [1.165, 1.54) is 0 Å². The predicted molar refractivity (Wildman–Crippen MR) is 94.5 cm³/mol. The van der Waals surface area contributed by atoms with Crippen molar-refractivity contribution < 1.29 is 9.53 Å². The second kappa shape index (κ2) is 8.08. The Morgan fingerprint density at radius 1 is 1.39 bits per heavy atom. The average molecular weight is 333 g/mol. The van der Waals surface area contributed by atoms with Crippen molar-refractivity contribution in [2.24, 2.45) is 5.92 Å². The number of nitrogens with zero attached hydrogens (tertiary/aromatic N) is 1. The van der Waals surface area contributed by atoms with Crippen LogP contribution in [0.5, 0.6) is 0 Å². The van der Waals surface area contributed by atoms with Crippen LogP contribution in [0.4, 0.5) is 5.69 Å². The highest BCUT2D eigenvalue weighted by Crippen LogP contribution is 2.15. The topological polar surface area (TPSA) is 59.0 Å². The molecule has 0 saturated carbocycles. The summed E-state index contributed by atoms with van der Waals surface area (Å²) < 4.78 is 8.02. The molecule has 0 saturated heterocycles. The number of aromatic nitrogens is 2. The Hall–Kier alpha value is -1.92. The summed E-state index contributed by atoms with van der Waals surface area (Å²) in [6.45, 7) is 6.62. The highest BCUT2D eigenvalue weighted by atomic mass is 32.1. The molecule has 0 fully saturated rings. The molecule has 5 nitrogen and oxygen atoms in total. The molecule has 2 aromatic rings. The van der Waals surface area contributed by atoms with Crippen LogP contribution in [0, 0.1) is 10.7 Å². The number of amides is 1. The van der Waals surface area contributed by atoms with Gasteiger partial charge in [-0.1, -0.05) is 19.9 Å². The maximum absolute atomic E-state index is 12.2. The van der Waals surface area contributed by atoms with E-state index in [1.807, 2.05) is 35.0 Å². The van der Waals surface area contributed by atoms with Crippen LogP contribution in [-0.2, 0) is 9.53 Å². The zero-order valence-electron chi connectivity index (χ0n) is 13.7. The molecule has 2 rings (SSSR count). The van der Waals surface area contributed by atoms with Gasteiger partial charge in [0.2, 0.25) is 0 Å². The fourth-order valence-corrected chi connectivity index (χ4v) is 2.29. The van der Waals surface area contributed by atoms with Crippen molar-refractivity contribution in [3.05, 3.63) is 41.4 Å². The van der Waals surface area contributed by atoms with Gasteiger partial charge in [0.15, 0.2) is 4.77 Å². The van der Waals surface area contributed by atoms with E-state index in [2.05, 4.69) is 24.1 Å². The number of imidazole rings is 1. The molecule has 0 radical (unpaired) electrons. The first-order valence-electron chi connectivity index (χ1n) is 7.76. The number of aromatic amines is 1. The Bertz CT molecular complexity index is 706. The number of ether oxygens (including phenoxy) is 1. The van der Waals surface area contributed by atoms with Gasteiger partial charge >= 0.3 is 0 Å². The van der Waals surface area contributed by atoms with E-state index in [-0.39, 0.29) is 5.91 Å². The minimum absolute atomic E-state index is 0.149. The van der Waals surface area contributed by atoms with E-state index in [0.717, 1.165) is 17.8 Å². The highest BCUT2D eigenvalue weighted by molar-refractivity contribution is 7.71. The molecular formula is C17H23N3O2S. The van der Waals surface area contributed by atoms with Crippen molar-refractivity contribution >= 4 is 23.8 Å². The Balaban J connectivity index is 1.99. The number of rotatable bonds is 7. The molecule has 0 aliphatic rings. The highest BCUT2D eigenvalue weighted by Gasteiger charge is 2.14. The van der Waals surface area contributed by atoms with Crippen LogP contribution in [-0.4, -0.2) is 28.2 Å². The van der Waals surface area contributed by atoms with E-state index in [4.69, 9.17) is 17.0 Å². The number of hydrogen-bond donors (Lipinski definition) is 2. The average Bonchev–Trinajstić information content (AvgIpc) is 2.93. The lowest BCUT2D eigenvalue weighted by Gasteiger charge is -2.15. The summed E-state index contributed by atoms with van der Waals surface area (Å²) in [5, 5.41) is 2.88. The molecule has 1 heterocycles. The molecule has 0 spiro atoms. The van der Waals surface area contributed by atoms with Crippen LogP contribution in [0.15, 0.2) is 36.7 Å². The fourth-order valence-electron chi connectivity index (χ4n) is 2.06. The number of carbonyl (C=O) groups is 1. The second-order valence-corrected chi connectivity index (χ2v) is 6.26. The van der Waals surface area contributed by atoms with Crippen LogP contribution in [0.2, 0.25) is 0 Å². The first-order valence-corrected chi connectivity index (χ1v) is 8.17. The number of anilines is 1. The van der Waals surface area contributed by atoms with Crippen molar-refractivity contribution in [2.45, 2.75) is 33.3 Å². The third-order valence-electron chi connectivity index (χ3n) is 3.47. The number of benzene rings is 1. The summed E-state index contributed by atoms with van der Waals surface area (Å²) in [6, 6.07) is 7.53. The van der Waals surface area contributed by atoms with Gasteiger partial charge < -0.3 is 15.0 Å². The summed E-state index contributed by atoms with van der Waals surface area (Å²) in [5.41, 5.74) is 1.61. The van der Waals surface area contributed by atoms with Gasteiger partial charge in [0.05, 0.1) is 0 Å². The second-order valence-electron chi connectivity index (χ2n) is 5.87. The molecule has 1 aromatic heterocycles. The molecule has 2 N–H and O–H groups in total. The lowest BCUT2D eigenvalue weighted by atomic mass is 10.1. The summed E-state index contributed by atoms with van der Waals surface area (Å²) in [4.78, 5) is 15.1. The van der Waals surface area contributed by atoms with Crippen molar-refractivity contribution in [1.82, 2.24) is 9.55 Å². The van der Waals surface area contributed by atoms with Gasteiger partial charge in [0, 0.05) is 30.4 Å². The number of H-pyrrole nitrogens is 1. The van der Waals surface area contributed by atoms with Crippen molar-refractivity contribution in [1.29, 1.82) is 0 Å². The monoisotopic (exact) mass is 333 g/mol. The van der Waals surface area contributed by atoms with Crippen molar-refractivity contribution in [2.75, 3.05) is 11.9 Å². The molecule has 0 aliphatic carbocycles. The minimum Gasteiger partial charge on any atom is -0.369 e. The normalized spacial score (nSPS) is 12.3. The maximum atomic E-state index is 12.2. The SMILES string of the molecule is CC(C)CCOC(C)C(=O)Nc1cccc(-n2cc[nH]c2=S)c1. The third-order valence-corrected chi connectivity index (χ3v) is 3.79. The van der Waals surface area contributed by atoms with Crippen molar-refractivity contribution in [3.63, 3.8) is 0 Å². The first-order chi connectivity index (χ1) is 11.0. The van der Waals surface area contributed by atoms with E-state index in [1.54, 1.807) is 13.1 Å². The van der Waals surface area contributed by atoms with Gasteiger partial charge in [-0.2, -0.15) is 0 Å². The lowest BCUT2D eigenvalue weighted by Crippen LogP contribution is -2.28. The first kappa shape index (κ1) is 17.4. The van der Waals surface area contributed by atoms with Crippen LogP contribution >= 0.6 is 12.2 Å².